The van der Waals surface area contributed by atoms with Crippen molar-refractivity contribution < 1.29 is 32.5 Å². The van der Waals surface area contributed by atoms with E-state index in [2.05, 4.69) is 5.32 Å². The molecule has 9 nitrogen and oxygen atoms in total. The van der Waals surface area contributed by atoms with Gasteiger partial charge in [-0.25, -0.2) is 0 Å². The van der Waals surface area contributed by atoms with Gasteiger partial charge in [-0.05, 0) is 54.3 Å². The highest BCUT2D eigenvalue weighted by atomic mass is 19.4. The zero-order valence-electron chi connectivity index (χ0n) is 23.6. The van der Waals surface area contributed by atoms with Crippen molar-refractivity contribution >= 4 is 17.3 Å². The van der Waals surface area contributed by atoms with E-state index < -0.39 is 17.3 Å². The van der Waals surface area contributed by atoms with Crippen LogP contribution in [0.15, 0.2) is 47.4 Å². The van der Waals surface area contributed by atoms with E-state index in [1.54, 1.807) is 23.1 Å². The van der Waals surface area contributed by atoms with Gasteiger partial charge in [-0.1, -0.05) is 0 Å². The van der Waals surface area contributed by atoms with Gasteiger partial charge in [0, 0.05) is 62.7 Å². The number of nitrogens with zero attached hydrogens (tertiary/aromatic N) is 3. The summed E-state index contributed by atoms with van der Waals surface area (Å²) in [5, 5.41) is 12.5. The fraction of sp³-hybridized carbons (Fsp3) is 0.400. The lowest BCUT2D eigenvalue weighted by Crippen LogP contribution is -2.35. The highest BCUT2D eigenvalue weighted by Crippen LogP contribution is 2.40. The fourth-order valence-electron chi connectivity index (χ4n) is 5.86. The first-order valence-corrected chi connectivity index (χ1v) is 13.7. The van der Waals surface area contributed by atoms with Crippen LogP contribution in [0.3, 0.4) is 0 Å². The summed E-state index contributed by atoms with van der Waals surface area (Å²) in [6.07, 6.45) is -2.16. The van der Waals surface area contributed by atoms with Gasteiger partial charge in [-0.3, -0.25) is 14.2 Å². The largest absolute Gasteiger partial charge is 0.497 e. The van der Waals surface area contributed by atoms with Gasteiger partial charge in [0.2, 0.25) is 5.91 Å². The Morgan fingerprint density at radius 3 is 2.43 bits per heavy atom. The van der Waals surface area contributed by atoms with E-state index in [1.165, 1.54) is 39.5 Å². The van der Waals surface area contributed by atoms with Crippen LogP contribution in [0, 0.1) is 0 Å². The van der Waals surface area contributed by atoms with Gasteiger partial charge in [0.15, 0.2) is 0 Å². The normalized spacial score (nSPS) is 16.5. The molecule has 3 heterocycles. The first-order valence-electron chi connectivity index (χ1n) is 13.7. The molecular weight excluding hydrogens is 553 g/mol. The third kappa shape index (κ3) is 5.63. The van der Waals surface area contributed by atoms with E-state index >= 15 is 0 Å². The Morgan fingerprint density at radius 1 is 1.10 bits per heavy atom. The molecule has 0 saturated carbocycles. The second-order valence-corrected chi connectivity index (χ2v) is 10.4. The number of carbonyl (C=O) groups is 1. The van der Waals surface area contributed by atoms with Crippen LogP contribution in [0.4, 0.5) is 24.5 Å². The van der Waals surface area contributed by atoms with E-state index in [9.17, 15) is 27.9 Å². The van der Waals surface area contributed by atoms with E-state index in [0.717, 1.165) is 10.6 Å². The van der Waals surface area contributed by atoms with Gasteiger partial charge >= 0.3 is 6.18 Å². The predicted octanol–water partition coefficient (Wildman–Crippen LogP) is 3.61. The molecule has 2 N–H and O–H groups in total. The Bertz CT molecular complexity index is 1530. The van der Waals surface area contributed by atoms with Gasteiger partial charge in [-0.15, -0.1) is 0 Å². The lowest BCUT2D eigenvalue weighted by Gasteiger charge is -2.24. The minimum absolute atomic E-state index is 0.127. The molecule has 5 rings (SSSR count). The van der Waals surface area contributed by atoms with E-state index in [0.29, 0.717) is 66.4 Å². The summed E-state index contributed by atoms with van der Waals surface area (Å²) < 4.78 is 55.2. The Hall–Kier alpha value is -4.19. The predicted molar refractivity (Wildman–Crippen MR) is 153 cm³/mol. The molecule has 1 aromatic heterocycles. The van der Waals surface area contributed by atoms with E-state index in [-0.39, 0.29) is 36.5 Å². The average molecular weight is 587 g/mol. The lowest BCUT2D eigenvalue weighted by molar-refractivity contribution is -0.137. The number of halogens is 3. The molecule has 0 aliphatic carbocycles. The molecule has 0 spiro atoms. The SMILES string of the molecule is COc1cc(OC)cc(-c2cn(-c3cc(N4CC[C@@H](NC(C)=O)C4)ccc3C(F)(F)F)c(=O)c3c2CCN3CCO)c1. The molecule has 1 amide bonds. The van der Waals surface area contributed by atoms with Crippen LogP contribution < -0.4 is 30.1 Å². The minimum Gasteiger partial charge on any atom is -0.497 e. The number of nitrogens with one attached hydrogen (secondary N) is 1. The number of β-amino-alcohol motifs (C(OH)–C–C–N with tert-alkyl or cyclic N) is 1. The van der Waals surface area contributed by atoms with Gasteiger partial charge in [0.25, 0.3) is 5.56 Å². The standard InChI is InChI=1S/C30H33F3N4O5/c1-18(39)34-20-6-8-36(16-20)21-4-5-26(30(31,32)33)27(14-21)37-17-25(19-12-22(41-2)15-23(13-19)42-3)24-7-9-35(10-11-38)28(24)29(37)40/h4-5,12-15,17,20,38H,6-11,16H2,1-3H3,(H,34,39)/t20-/m1/s1. The quantitative estimate of drug-likeness (QED) is 0.417. The second-order valence-electron chi connectivity index (χ2n) is 10.4. The summed E-state index contributed by atoms with van der Waals surface area (Å²) in [5.74, 6) is 0.803. The number of hydrogen-bond donors (Lipinski definition) is 2. The van der Waals surface area contributed by atoms with Crippen molar-refractivity contribution in [3.63, 3.8) is 0 Å². The van der Waals surface area contributed by atoms with E-state index in [4.69, 9.17) is 9.47 Å². The van der Waals surface area contributed by atoms with Crippen molar-refractivity contribution in [1.29, 1.82) is 0 Å². The third-order valence-corrected chi connectivity index (χ3v) is 7.78. The number of aromatic nitrogens is 1. The van der Waals surface area contributed by atoms with Crippen molar-refractivity contribution in [1.82, 2.24) is 9.88 Å². The van der Waals surface area contributed by atoms with E-state index in [1.807, 2.05) is 4.90 Å². The maximum atomic E-state index is 14.4. The third-order valence-electron chi connectivity index (χ3n) is 7.78. The summed E-state index contributed by atoms with van der Waals surface area (Å²) in [6.45, 7) is 2.78. The molecule has 0 bridgehead atoms. The smallest absolute Gasteiger partial charge is 0.418 e. The summed E-state index contributed by atoms with van der Waals surface area (Å²) in [7, 11) is 3.01. The lowest BCUT2D eigenvalue weighted by atomic mass is 9.99. The Morgan fingerprint density at radius 2 is 1.81 bits per heavy atom. The number of amides is 1. The number of aliphatic hydroxyl groups excluding tert-OH is 1. The summed E-state index contributed by atoms with van der Waals surface area (Å²) in [4.78, 5) is 29.2. The molecule has 0 unspecified atom stereocenters. The highest BCUT2D eigenvalue weighted by Gasteiger charge is 2.36. The molecule has 0 radical (unpaired) electrons. The van der Waals surface area contributed by atoms with Crippen LogP contribution in [0.5, 0.6) is 11.5 Å². The number of pyridine rings is 1. The molecule has 1 fully saturated rings. The number of benzene rings is 2. The highest BCUT2D eigenvalue weighted by molar-refractivity contribution is 5.78. The number of methoxy groups -OCH3 is 2. The maximum absolute atomic E-state index is 14.4. The molecule has 224 valence electrons. The Kier molecular flexibility index (Phi) is 8.09. The zero-order chi connectivity index (χ0) is 30.2. The van der Waals surface area contributed by atoms with Crippen LogP contribution in [-0.4, -0.2) is 68.6 Å². The van der Waals surface area contributed by atoms with Crippen LogP contribution >= 0.6 is 0 Å². The monoisotopic (exact) mass is 586 g/mol. The molecule has 2 aliphatic rings. The second kappa shape index (κ2) is 11.6. The summed E-state index contributed by atoms with van der Waals surface area (Å²) in [5.41, 5.74) is 0.771. The molecule has 1 saturated heterocycles. The van der Waals surface area contributed by atoms with Crippen LogP contribution in [0.1, 0.15) is 24.5 Å². The number of aliphatic hydroxyl groups is 1. The number of alkyl halides is 3. The molecular formula is C30H33F3N4O5. The Labute approximate surface area is 241 Å². The number of hydrogen-bond acceptors (Lipinski definition) is 7. The van der Waals surface area contributed by atoms with Gasteiger partial charge < -0.3 is 29.7 Å². The first kappa shape index (κ1) is 29.3. The number of anilines is 2. The van der Waals surface area contributed by atoms with Crippen LogP contribution in [0.2, 0.25) is 0 Å². The first-order chi connectivity index (χ1) is 20.0. The fourth-order valence-corrected chi connectivity index (χ4v) is 5.86. The summed E-state index contributed by atoms with van der Waals surface area (Å²) >= 11 is 0. The molecule has 1 atom stereocenters. The van der Waals surface area contributed by atoms with Crippen molar-refractivity contribution in [2.24, 2.45) is 0 Å². The number of fused-ring (bicyclic) bond motifs is 1. The maximum Gasteiger partial charge on any atom is 0.418 e. The molecule has 2 aromatic carbocycles. The minimum atomic E-state index is -4.74. The van der Waals surface area contributed by atoms with Crippen LogP contribution in [-0.2, 0) is 17.4 Å². The number of ether oxygens (including phenoxy) is 2. The van der Waals surface area contributed by atoms with Gasteiger partial charge in [0.05, 0.1) is 32.1 Å². The van der Waals surface area contributed by atoms with Crippen molar-refractivity contribution in [3.8, 4) is 28.3 Å². The summed E-state index contributed by atoms with van der Waals surface area (Å²) in [6, 6.07) is 8.83. The topological polar surface area (TPSA) is 96.3 Å². The van der Waals surface area contributed by atoms with Crippen molar-refractivity contribution in [3.05, 3.63) is 64.1 Å². The molecule has 42 heavy (non-hydrogen) atoms. The van der Waals surface area contributed by atoms with Crippen molar-refractivity contribution in [2.75, 3.05) is 56.8 Å². The Balaban J connectivity index is 1.73. The van der Waals surface area contributed by atoms with Gasteiger partial charge in [-0.2, -0.15) is 13.2 Å². The van der Waals surface area contributed by atoms with Gasteiger partial charge in [0.1, 0.15) is 17.2 Å². The number of carbonyl (C=O) groups excluding carboxylic acids is 1. The zero-order valence-corrected chi connectivity index (χ0v) is 23.6. The molecule has 12 heteroatoms. The average Bonchev–Trinajstić information content (AvgIpc) is 3.60. The molecule has 3 aromatic rings. The van der Waals surface area contributed by atoms with Crippen LogP contribution in [0.25, 0.3) is 16.8 Å². The molecule has 2 aliphatic heterocycles. The van der Waals surface area contributed by atoms with Crippen molar-refractivity contribution in [2.45, 2.75) is 32.0 Å². The number of rotatable bonds is 8.